The summed E-state index contributed by atoms with van der Waals surface area (Å²) in [5, 5.41) is 5.36. The van der Waals surface area contributed by atoms with Crippen molar-refractivity contribution in [3.63, 3.8) is 0 Å². The Balaban J connectivity index is 1.34. The van der Waals surface area contributed by atoms with E-state index in [1.54, 1.807) is 0 Å². The van der Waals surface area contributed by atoms with Crippen LogP contribution in [-0.2, 0) is 5.41 Å². The first kappa shape index (κ1) is 29.2. The average molecular weight is 605 g/mol. The normalized spacial score (nSPS) is 14.8. The summed E-state index contributed by atoms with van der Waals surface area (Å²) in [7, 11) is 0. The minimum absolute atomic E-state index is 0.0954. The maximum absolute atomic E-state index is 2.47. The lowest BCUT2D eigenvalue weighted by atomic mass is 9.80. The van der Waals surface area contributed by atoms with Crippen molar-refractivity contribution in [2.45, 2.75) is 46.0 Å². The molecular formula is C47H40. The maximum Gasteiger partial charge on any atom is 0.0159 e. The fraction of sp³-hybridized carbons (Fsp3) is 0.149. The molecule has 0 heterocycles. The summed E-state index contributed by atoms with van der Waals surface area (Å²) in [5.41, 5.74) is 15.7. The minimum atomic E-state index is -0.0954. The summed E-state index contributed by atoms with van der Waals surface area (Å²) in [6.45, 7) is 8.97. The predicted molar refractivity (Wildman–Crippen MR) is 204 cm³/mol. The number of benzene rings is 6. The third-order valence-electron chi connectivity index (χ3n) is 10.4. The first-order valence-corrected chi connectivity index (χ1v) is 17.0. The minimum Gasteiger partial charge on any atom is -0.0871 e. The molecule has 47 heavy (non-hydrogen) atoms. The number of hydrogen-bond acceptors (Lipinski definition) is 0. The van der Waals surface area contributed by atoms with Crippen LogP contribution in [0.15, 0.2) is 133 Å². The summed E-state index contributed by atoms with van der Waals surface area (Å²) in [4.78, 5) is 0. The smallest absolute Gasteiger partial charge is 0.0159 e. The number of hydrogen-bond donors (Lipinski definition) is 0. The first-order chi connectivity index (χ1) is 23.0. The van der Waals surface area contributed by atoms with Crippen molar-refractivity contribution in [1.82, 2.24) is 0 Å². The molecule has 0 amide bonds. The second-order valence-electron chi connectivity index (χ2n) is 13.4. The summed E-state index contributed by atoms with van der Waals surface area (Å²) in [6, 6.07) is 43.3. The van der Waals surface area contributed by atoms with Crippen LogP contribution < -0.4 is 10.4 Å². The lowest BCUT2D eigenvalue weighted by molar-refractivity contribution is 0.660. The highest BCUT2D eigenvalue weighted by molar-refractivity contribution is 6.07. The molecule has 0 saturated heterocycles. The Morgan fingerprint density at radius 1 is 0.553 bits per heavy atom. The van der Waals surface area contributed by atoms with E-state index in [1.807, 2.05) is 0 Å². The van der Waals surface area contributed by atoms with Gasteiger partial charge in [0, 0.05) is 5.41 Å². The van der Waals surface area contributed by atoms with Gasteiger partial charge in [-0.3, -0.25) is 0 Å². The fourth-order valence-corrected chi connectivity index (χ4v) is 8.05. The van der Waals surface area contributed by atoms with Crippen LogP contribution in [0, 0.1) is 0 Å². The molecule has 0 unspecified atom stereocenters. The number of allylic oxidation sites excluding steroid dienone is 4. The van der Waals surface area contributed by atoms with Crippen molar-refractivity contribution in [2.75, 3.05) is 0 Å². The zero-order valence-electron chi connectivity index (χ0n) is 27.8. The summed E-state index contributed by atoms with van der Waals surface area (Å²) < 4.78 is 0. The predicted octanol–water partition coefficient (Wildman–Crippen LogP) is 11.5. The molecule has 0 aliphatic heterocycles. The molecule has 6 aromatic rings. The highest BCUT2D eigenvalue weighted by Crippen LogP contribution is 2.50. The van der Waals surface area contributed by atoms with Gasteiger partial charge in [0.25, 0.3) is 0 Å². The third kappa shape index (κ3) is 4.74. The van der Waals surface area contributed by atoms with Gasteiger partial charge in [-0.15, -0.1) is 0 Å². The molecule has 2 aliphatic carbocycles. The third-order valence-corrected chi connectivity index (χ3v) is 10.4. The van der Waals surface area contributed by atoms with Crippen LogP contribution in [0.5, 0.6) is 0 Å². The van der Waals surface area contributed by atoms with Crippen molar-refractivity contribution in [2.24, 2.45) is 0 Å². The number of rotatable bonds is 5. The van der Waals surface area contributed by atoms with E-state index in [2.05, 4.69) is 173 Å². The van der Waals surface area contributed by atoms with Gasteiger partial charge in [0.2, 0.25) is 0 Å². The lowest BCUT2D eigenvalue weighted by Crippen LogP contribution is -2.31. The van der Waals surface area contributed by atoms with E-state index in [4.69, 9.17) is 0 Å². The van der Waals surface area contributed by atoms with E-state index in [9.17, 15) is 0 Å². The molecule has 0 nitrogen and oxygen atoms in total. The second-order valence-corrected chi connectivity index (χ2v) is 13.4. The van der Waals surface area contributed by atoms with Crippen LogP contribution >= 0.6 is 0 Å². The van der Waals surface area contributed by atoms with Gasteiger partial charge in [-0.2, -0.15) is 0 Å². The zero-order chi connectivity index (χ0) is 32.1. The van der Waals surface area contributed by atoms with Crippen molar-refractivity contribution < 1.29 is 0 Å². The molecule has 0 aromatic heterocycles. The van der Waals surface area contributed by atoms with Gasteiger partial charge in [-0.05, 0) is 133 Å². The van der Waals surface area contributed by atoms with E-state index in [0.717, 1.165) is 12.8 Å². The monoisotopic (exact) mass is 604 g/mol. The second kappa shape index (κ2) is 11.6. The van der Waals surface area contributed by atoms with Crippen molar-refractivity contribution in [3.05, 3.63) is 161 Å². The largest absolute Gasteiger partial charge is 0.0871 e. The topological polar surface area (TPSA) is 0 Å². The molecule has 0 saturated carbocycles. The summed E-state index contributed by atoms with van der Waals surface area (Å²) >= 11 is 0. The van der Waals surface area contributed by atoms with E-state index < -0.39 is 0 Å². The Morgan fingerprint density at radius 2 is 1.11 bits per heavy atom. The first-order valence-electron chi connectivity index (χ1n) is 17.0. The highest BCUT2D eigenvalue weighted by atomic mass is 14.4. The van der Waals surface area contributed by atoms with Gasteiger partial charge in [-0.25, -0.2) is 0 Å². The molecule has 8 rings (SSSR count). The van der Waals surface area contributed by atoms with Crippen LogP contribution in [-0.4, -0.2) is 0 Å². The van der Waals surface area contributed by atoms with Gasteiger partial charge in [0.05, 0.1) is 0 Å². The van der Waals surface area contributed by atoms with Gasteiger partial charge < -0.3 is 0 Å². The maximum atomic E-state index is 2.47. The Bertz CT molecular complexity index is 2360. The van der Waals surface area contributed by atoms with E-state index >= 15 is 0 Å². The Morgan fingerprint density at radius 3 is 1.72 bits per heavy atom. The van der Waals surface area contributed by atoms with Crippen LogP contribution in [0.3, 0.4) is 0 Å². The van der Waals surface area contributed by atoms with E-state index in [-0.39, 0.29) is 5.41 Å². The van der Waals surface area contributed by atoms with E-state index in [0.29, 0.717) is 0 Å². The standard InChI is InChI=1S/C47H40/c1-5-15-31(6-2)35-22-25-37-38-26-23-36(30-44(38)47(3,4)43(37)29-35)34-24-27-41-42(28-34)46(33-18-11-8-12-19-33)40-21-14-13-20-39(40)45(41)32-16-9-7-10-17-32/h5-12,15-30H,13-14H2,1-4H3/b15-5-,31-6+. The molecule has 6 aromatic carbocycles. The summed E-state index contributed by atoms with van der Waals surface area (Å²) in [6.07, 6.45) is 13.6. The molecule has 0 radical (unpaired) electrons. The zero-order valence-corrected chi connectivity index (χ0v) is 27.8. The molecule has 2 aliphatic rings. The van der Waals surface area contributed by atoms with Gasteiger partial charge >= 0.3 is 0 Å². The van der Waals surface area contributed by atoms with Crippen LogP contribution in [0.2, 0.25) is 0 Å². The van der Waals surface area contributed by atoms with Crippen molar-refractivity contribution >= 4 is 28.5 Å². The molecule has 228 valence electrons. The molecule has 0 heteroatoms. The van der Waals surface area contributed by atoms with Gasteiger partial charge in [0.1, 0.15) is 0 Å². The summed E-state index contributed by atoms with van der Waals surface area (Å²) in [5.74, 6) is 0. The van der Waals surface area contributed by atoms with Gasteiger partial charge in [-0.1, -0.05) is 141 Å². The Labute approximate surface area is 278 Å². The van der Waals surface area contributed by atoms with Crippen molar-refractivity contribution in [1.29, 1.82) is 0 Å². The SMILES string of the molecule is C/C=C\C(=C/C)c1ccc2c(c1)C(C)(C)c1cc(-c3ccc4c(-c5ccccc5)c5c(c(-c6ccccc6)c4c3)=CCCC=5)ccc1-2. The number of fused-ring (bicyclic) bond motifs is 5. The Hall–Kier alpha value is -5.20. The lowest BCUT2D eigenvalue weighted by Gasteiger charge is -2.23. The van der Waals surface area contributed by atoms with Crippen LogP contribution in [0.1, 0.15) is 57.2 Å². The van der Waals surface area contributed by atoms with E-state index in [1.165, 1.54) is 88.0 Å². The fourth-order valence-electron chi connectivity index (χ4n) is 8.05. The van der Waals surface area contributed by atoms with Crippen LogP contribution in [0.4, 0.5) is 0 Å². The quantitative estimate of drug-likeness (QED) is 0.172. The molecule has 0 fully saturated rings. The van der Waals surface area contributed by atoms with Crippen LogP contribution in [0.25, 0.3) is 73.0 Å². The molecule has 0 bridgehead atoms. The molecule has 0 atom stereocenters. The molecular weight excluding hydrogens is 565 g/mol. The highest BCUT2D eigenvalue weighted by Gasteiger charge is 2.36. The van der Waals surface area contributed by atoms with Gasteiger partial charge in [0.15, 0.2) is 0 Å². The molecule has 0 spiro atoms. The molecule has 0 N–H and O–H groups in total. The Kier molecular flexibility index (Phi) is 7.18. The van der Waals surface area contributed by atoms with Crippen molar-refractivity contribution in [3.8, 4) is 44.5 Å². The average Bonchev–Trinajstić information content (AvgIpc) is 3.34.